The molecule has 0 aromatic rings. The number of aliphatic imine (C=N–C) groups is 1. The van der Waals surface area contributed by atoms with Gasteiger partial charge in [-0.1, -0.05) is 24.6 Å². The highest BCUT2D eigenvalue weighted by Gasteiger charge is 1.93. The predicted molar refractivity (Wildman–Crippen MR) is 45.5 cm³/mol. The van der Waals surface area contributed by atoms with E-state index in [2.05, 4.69) is 37.1 Å². The fraction of sp³-hybridized carbons (Fsp3) is 0.444. The maximum atomic E-state index is 4.38. The maximum Gasteiger partial charge on any atom is 0.0603 e. The van der Waals surface area contributed by atoms with Crippen molar-refractivity contribution in [2.45, 2.75) is 20.3 Å². The molecule has 0 N–H and O–H groups in total. The molecule has 1 nitrogen and oxygen atoms in total. The first kappa shape index (κ1) is 7.26. The van der Waals surface area contributed by atoms with Gasteiger partial charge in [0.25, 0.3) is 0 Å². The lowest BCUT2D eigenvalue weighted by molar-refractivity contribution is 1.12. The van der Waals surface area contributed by atoms with Crippen molar-refractivity contribution >= 4 is 5.71 Å². The van der Waals surface area contributed by atoms with Gasteiger partial charge < -0.3 is 0 Å². The van der Waals surface area contributed by atoms with Crippen LogP contribution in [0, 0.1) is 0 Å². The predicted octanol–water partition coefficient (Wildman–Crippen LogP) is 2.35. The first-order valence-corrected chi connectivity index (χ1v) is 3.70. The van der Waals surface area contributed by atoms with E-state index in [1.54, 1.807) is 0 Å². The Bertz CT molecular complexity index is 197. The SMILES string of the molecule is CCC1=NCC(C)=CC=C1. The summed E-state index contributed by atoms with van der Waals surface area (Å²) >= 11 is 0. The second-order valence-corrected chi connectivity index (χ2v) is 2.53. The standard InChI is InChI=1S/C9H13N/c1-3-9-6-4-5-8(2)7-10-9/h4-6H,3,7H2,1-2H3. The molecule has 1 aliphatic rings. The summed E-state index contributed by atoms with van der Waals surface area (Å²) in [4.78, 5) is 4.38. The third-order valence-electron chi connectivity index (χ3n) is 1.56. The van der Waals surface area contributed by atoms with E-state index >= 15 is 0 Å². The molecule has 54 valence electrons. The maximum absolute atomic E-state index is 4.38. The lowest BCUT2D eigenvalue weighted by atomic mass is 10.2. The molecule has 0 aliphatic carbocycles. The Morgan fingerprint density at radius 1 is 1.60 bits per heavy atom. The van der Waals surface area contributed by atoms with Crippen molar-refractivity contribution in [3.63, 3.8) is 0 Å². The Labute approximate surface area is 62.2 Å². The number of rotatable bonds is 1. The highest BCUT2D eigenvalue weighted by atomic mass is 14.7. The van der Waals surface area contributed by atoms with Crippen LogP contribution in [0.2, 0.25) is 0 Å². The van der Waals surface area contributed by atoms with E-state index in [0.717, 1.165) is 13.0 Å². The van der Waals surface area contributed by atoms with Gasteiger partial charge in [0.1, 0.15) is 0 Å². The molecule has 1 heterocycles. The summed E-state index contributed by atoms with van der Waals surface area (Å²) in [6, 6.07) is 0. The Kier molecular flexibility index (Phi) is 2.43. The fourth-order valence-electron chi connectivity index (χ4n) is 0.885. The van der Waals surface area contributed by atoms with Crippen LogP contribution in [-0.4, -0.2) is 12.3 Å². The summed E-state index contributed by atoms with van der Waals surface area (Å²) in [5, 5.41) is 0. The van der Waals surface area contributed by atoms with Gasteiger partial charge in [-0.3, -0.25) is 4.99 Å². The molecule has 0 saturated carbocycles. The molecule has 0 bridgehead atoms. The monoisotopic (exact) mass is 135 g/mol. The molecule has 0 radical (unpaired) electrons. The van der Waals surface area contributed by atoms with Crippen LogP contribution in [0.25, 0.3) is 0 Å². The van der Waals surface area contributed by atoms with Gasteiger partial charge in [0.05, 0.1) is 6.54 Å². The average Bonchev–Trinajstić information content (AvgIpc) is 2.14. The molecule has 0 aromatic carbocycles. The van der Waals surface area contributed by atoms with Gasteiger partial charge in [-0.15, -0.1) is 0 Å². The van der Waals surface area contributed by atoms with Crippen molar-refractivity contribution in [3.8, 4) is 0 Å². The molecule has 0 saturated heterocycles. The molecule has 0 amide bonds. The minimum atomic E-state index is 0.871. The third kappa shape index (κ3) is 1.83. The van der Waals surface area contributed by atoms with Gasteiger partial charge in [0, 0.05) is 5.71 Å². The van der Waals surface area contributed by atoms with Crippen molar-refractivity contribution in [2.75, 3.05) is 6.54 Å². The Balaban J connectivity index is 2.69. The van der Waals surface area contributed by atoms with Crippen LogP contribution in [0.1, 0.15) is 20.3 Å². The Hall–Kier alpha value is -0.850. The minimum Gasteiger partial charge on any atom is -0.285 e. The van der Waals surface area contributed by atoms with E-state index in [4.69, 9.17) is 0 Å². The number of nitrogens with zero attached hydrogens (tertiary/aromatic N) is 1. The summed E-state index contributed by atoms with van der Waals surface area (Å²) in [6.45, 7) is 5.10. The number of hydrogen-bond acceptors (Lipinski definition) is 1. The van der Waals surface area contributed by atoms with Crippen molar-refractivity contribution in [1.29, 1.82) is 0 Å². The van der Waals surface area contributed by atoms with E-state index < -0.39 is 0 Å². The molecule has 1 aliphatic heterocycles. The van der Waals surface area contributed by atoms with Crippen LogP contribution >= 0.6 is 0 Å². The van der Waals surface area contributed by atoms with Crippen LogP contribution < -0.4 is 0 Å². The first-order chi connectivity index (χ1) is 4.83. The van der Waals surface area contributed by atoms with Crippen molar-refractivity contribution in [3.05, 3.63) is 23.8 Å². The highest BCUT2D eigenvalue weighted by molar-refractivity contribution is 5.95. The first-order valence-electron chi connectivity index (χ1n) is 3.70. The largest absolute Gasteiger partial charge is 0.285 e. The van der Waals surface area contributed by atoms with Gasteiger partial charge in [0.2, 0.25) is 0 Å². The molecular weight excluding hydrogens is 122 g/mol. The second-order valence-electron chi connectivity index (χ2n) is 2.53. The average molecular weight is 135 g/mol. The van der Waals surface area contributed by atoms with Crippen LogP contribution in [0.4, 0.5) is 0 Å². The smallest absolute Gasteiger partial charge is 0.0603 e. The molecule has 0 spiro atoms. The molecular formula is C9H13N. The van der Waals surface area contributed by atoms with Crippen molar-refractivity contribution in [2.24, 2.45) is 4.99 Å². The molecule has 10 heavy (non-hydrogen) atoms. The van der Waals surface area contributed by atoms with Gasteiger partial charge in [-0.05, 0) is 19.4 Å². The summed E-state index contributed by atoms with van der Waals surface area (Å²) in [5.41, 5.74) is 2.54. The van der Waals surface area contributed by atoms with E-state index in [1.807, 2.05) is 0 Å². The van der Waals surface area contributed by atoms with Crippen molar-refractivity contribution < 1.29 is 0 Å². The van der Waals surface area contributed by atoms with E-state index in [1.165, 1.54) is 11.3 Å². The fourth-order valence-corrected chi connectivity index (χ4v) is 0.885. The summed E-state index contributed by atoms with van der Waals surface area (Å²) in [6.07, 6.45) is 7.31. The lowest BCUT2D eigenvalue weighted by Gasteiger charge is -1.93. The molecule has 0 unspecified atom stereocenters. The van der Waals surface area contributed by atoms with E-state index in [-0.39, 0.29) is 0 Å². The van der Waals surface area contributed by atoms with Crippen LogP contribution in [0.3, 0.4) is 0 Å². The van der Waals surface area contributed by atoms with Gasteiger partial charge in [0.15, 0.2) is 0 Å². The van der Waals surface area contributed by atoms with Crippen LogP contribution in [-0.2, 0) is 0 Å². The highest BCUT2D eigenvalue weighted by Crippen LogP contribution is 2.01. The zero-order valence-electron chi connectivity index (χ0n) is 6.59. The summed E-state index contributed by atoms with van der Waals surface area (Å²) in [7, 11) is 0. The van der Waals surface area contributed by atoms with Crippen LogP contribution in [0.5, 0.6) is 0 Å². The zero-order chi connectivity index (χ0) is 7.40. The van der Waals surface area contributed by atoms with Crippen molar-refractivity contribution in [1.82, 2.24) is 0 Å². The molecule has 0 atom stereocenters. The second kappa shape index (κ2) is 3.35. The summed E-state index contributed by atoms with van der Waals surface area (Å²) in [5.74, 6) is 0. The van der Waals surface area contributed by atoms with Crippen LogP contribution in [0.15, 0.2) is 28.8 Å². The number of hydrogen-bond donors (Lipinski definition) is 0. The zero-order valence-corrected chi connectivity index (χ0v) is 6.59. The molecule has 0 fully saturated rings. The number of allylic oxidation sites excluding steroid dienone is 3. The summed E-state index contributed by atoms with van der Waals surface area (Å²) < 4.78 is 0. The van der Waals surface area contributed by atoms with Gasteiger partial charge in [-0.25, -0.2) is 0 Å². The topological polar surface area (TPSA) is 12.4 Å². The Morgan fingerprint density at radius 2 is 2.40 bits per heavy atom. The Morgan fingerprint density at radius 3 is 3.10 bits per heavy atom. The van der Waals surface area contributed by atoms with E-state index in [0.29, 0.717) is 0 Å². The van der Waals surface area contributed by atoms with Gasteiger partial charge in [-0.2, -0.15) is 0 Å². The van der Waals surface area contributed by atoms with E-state index in [9.17, 15) is 0 Å². The molecule has 1 heteroatoms. The third-order valence-corrected chi connectivity index (χ3v) is 1.56. The van der Waals surface area contributed by atoms with Gasteiger partial charge >= 0.3 is 0 Å². The normalized spacial score (nSPS) is 17.8. The lowest BCUT2D eigenvalue weighted by Crippen LogP contribution is -1.91. The molecule has 0 aromatic heterocycles. The molecule has 1 rings (SSSR count). The minimum absolute atomic E-state index is 0.871. The quantitative estimate of drug-likeness (QED) is 0.523.